The van der Waals surface area contributed by atoms with Crippen LogP contribution in [0.4, 0.5) is 22.0 Å². The highest BCUT2D eigenvalue weighted by atomic mass is 35.5. The van der Waals surface area contributed by atoms with Crippen LogP contribution in [0.2, 0.25) is 5.02 Å². The molecule has 0 aliphatic heterocycles. The summed E-state index contributed by atoms with van der Waals surface area (Å²) in [6.07, 6.45) is -5.92. The maximum atomic E-state index is 13.9. The van der Waals surface area contributed by atoms with Crippen molar-refractivity contribution in [2.45, 2.75) is 17.7 Å². The molecule has 8 heteroatoms. The third-order valence-electron chi connectivity index (χ3n) is 2.99. The molecule has 0 bridgehead atoms. The van der Waals surface area contributed by atoms with Crippen LogP contribution in [0.25, 0.3) is 0 Å². The van der Waals surface area contributed by atoms with Gasteiger partial charge in [0.15, 0.2) is 5.60 Å². The number of benzene rings is 1. The Morgan fingerprint density at radius 2 is 1.67 bits per heavy atom. The van der Waals surface area contributed by atoms with Gasteiger partial charge in [-0.05, 0) is 34.5 Å². The predicted molar refractivity (Wildman–Crippen MR) is 69.8 cm³/mol. The lowest BCUT2D eigenvalue weighted by Gasteiger charge is -2.37. The molecule has 1 N–H and O–H groups in total. The van der Waals surface area contributed by atoms with Crippen molar-refractivity contribution in [3.05, 3.63) is 57.2 Å². The Bertz CT molecular complexity index is 626. The molecule has 0 aliphatic carbocycles. The highest BCUT2D eigenvalue weighted by molar-refractivity contribution is 7.08. The summed E-state index contributed by atoms with van der Waals surface area (Å²) >= 11 is 6.54. The van der Waals surface area contributed by atoms with Gasteiger partial charge in [0.05, 0.1) is 0 Å². The van der Waals surface area contributed by atoms with Gasteiger partial charge in [-0.25, -0.2) is 0 Å². The third kappa shape index (κ3) is 2.54. The van der Waals surface area contributed by atoms with Crippen molar-refractivity contribution in [2.75, 3.05) is 0 Å². The Labute approximate surface area is 125 Å². The van der Waals surface area contributed by atoms with Crippen molar-refractivity contribution in [1.29, 1.82) is 0 Å². The third-order valence-corrected chi connectivity index (χ3v) is 3.91. The maximum Gasteiger partial charge on any atom is 0.457 e. The van der Waals surface area contributed by atoms with E-state index in [9.17, 15) is 27.1 Å². The fraction of sp³-hybridized carbons (Fsp3) is 0.231. The largest absolute Gasteiger partial charge is 0.457 e. The van der Waals surface area contributed by atoms with E-state index in [0.29, 0.717) is 0 Å². The second-order valence-corrected chi connectivity index (χ2v) is 5.52. The van der Waals surface area contributed by atoms with Crippen LogP contribution in [0, 0.1) is 0 Å². The number of aliphatic hydroxyl groups is 1. The molecule has 1 atom stereocenters. The summed E-state index contributed by atoms with van der Waals surface area (Å²) in [5.41, 5.74) is -4.72. The highest BCUT2D eigenvalue weighted by Gasteiger charge is 2.71. The molecule has 1 aromatic carbocycles. The summed E-state index contributed by atoms with van der Waals surface area (Å²) in [5, 5.41) is 12.6. The fourth-order valence-electron chi connectivity index (χ4n) is 1.92. The molecule has 0 fully saturated rings. The van der Waals surface area contributed by atoms with E-state index in [1.165, 1.54) is 17.5 Å². The van der Waals surface area contributed by atoms with Gasteiger partial charge in [-0.15, -0.1) is 0 Å². The molecular formula is C13H8ClF5OS. The minimum absolute atomic E-state index is 0.0564. The molecule has 0 saturated heterocycles. The van der Waals surface area contributed by atoms with E-state index < -0.39 is 28.8 Å². The number of halogens is 6. The van der Waals surface area contributed by atoms with Gasteiger partial charge in [-0.3, -0.25) is 0 Å². The van der Waals surface area contributed by atoms with Gasteiger partial charge in [0, 0.05) is 10.6 Å². The van der Waals surface area contributed by atoms with E-state index in [1.807, 2.05) is 0 Å². The molecule has 1 aromatic heterocycles. The molecule has 1 heterocycles. The van der Waals surface area contributed by atoms with Gasteiger partial charge >= 0.3 is 12.1 Å². The second kappa shape index (κ2) is 5.23. The van der Waals surface area contributed by atoms with Crippen LogP contribution in [-0.4, -0.2) is 17.2 Å². The summed E-state index contributed by atoms with van der Waals surface area (Å²) in [5.74, 6) is -5.38. The molecule has 1 unspecified atom stereocenters. The lowest BCUT2D eigenvalue weighted by atomic mass is 9.82. The first-order chi connectivity index (χ1) is 9.60. The molecule has 0 spiro atoms. The Morgan fingerprint density at radius 1 is 1.00 bits per heavy atom. The summed E-state index contributed by atoms with van der Waals surface area (Å²) in [4.78, 5) is 0. The zero-order valence-electron chi connectivity index (χ0n) is 10.2. The molecule has 0 saturated carbocycles. The van der Waals surface area contributed by atoms with E-state index in [-0.39, 0.29) is 5.02 Å². The lowest BCUT2D eigenvalue weighted by Crippen LogP contribution is -2.55. The van der Waals surface area contributed by atoms with Gasteiger partial charge in [-0.2, -0.15) is 33.3 Å². The smallest absolute Gasteiger partial charge is 0.374 e. The standard InChI is InChI=1S/C13H8ClF5OS/c14-10-3-1-2-8(6-10)11(20,9-4-5-21-7-9)12(15,16)13(17,18)19/h1-7,20H. The van der Waals surface area contributed by atoms with Crippen LogP contribution >= 0.6 is 22.9 Å². The Morgan fingerprint density at radius 3 is 2.14 bits per heavy atom. The topological polar surface area (TPSA) is 20.2 Å². The van der Waals surface area contributed by atoms with E-state index >= 15 is 0 Å². The van der Waals surface area contributed by atoms with Crippen molar-refractivity contribution in [3.63, 3.8) is 0 Å². The number of alkyl halides is 5. The van der Waals surface area contributed by atoms with Crippen LogP contribution in [0.5, 0.6) is 0 Å². The van der Waals surface area contributed by atoms with E-state index in [2.05, 4.69) is 0 Å². The van der Waals surface area contributed by atoms with Gasteiger partial charge in [0.1, 0.15) is 0 Å². The molecule has 2 aromatic rings. The van der Waals surface area contributed by atoms with Gasteiger partial charge in [0.25, 0.3) is 0 Å². The van der Waals surface area contributed by atoms with Crippen molar-refractivity contribution >= 4 is 22.9 Å². The Balaban J connectivity index is 2.73. The van der Waals surface area contributed by atoms with Gasteiger partial charge < -0.3 is 5.11 Å². The van der Waals surface area contributed by atoms with Crippen LogP contribution in [-0.2, 0) is 5.60 Å². The number of rotatable bonds is 3. The average Bonchev–Trinajstić information content (AvgIpc) is 2.90. The normalized spacial score (nSPS) is 15.8. The highest BCUT2D eigenvalue weighted by Crippen LogP contribution is 2.52. The Kier molecular flexibility index (Phi) is 4.03. The summed E-state index contributed by atoms with van der Waals surface area (Å²) < 4.78 is 66.2. The minimum atomic E-state index is -5.92. The molecule has 21 heavy (non-hydrogen) atoms. The van der Waals surface area contributed by atoms with Crippen molar-refractivity contribution < 1.29 is 27.1 Å². The monoisotopic (exact) mass is 342 g/mol. The minimum Gasteiger partial charge on any atom is -0.374 e. The first kappa shape index (κ1) is 16.2. The molecule has 1 nitrogen and oxygen atoms in total. The number of thiophene rings is 1. The number of hydrogen-bond acceptors (Lipinski definition) is 2. The number of hydrogen-bond donors (Lipinski definition) is 1. The first-order valence-electron chi connectivity index (χ1n) is 5.56. The predicted octanol–water partition coefficient (Wildman–Crippen LogP) is 4.84. The Hall–Kier alpha value is -1.18. The van der Waals surface area contributed by atoms with Crippen molar-refractivity contribution in [3.8, 4) is 0 Å². The van der Waals surface area contributed by atoms with Crippen LogP contribution in [0.15, 0.2) is 41.1 Å². The lowest BCUT2D eigenvalue weighted by molar-refractivity contribution is -0.336. The SMILES string of the molecule is OC(c1ccsc1)(c1cccc(Cl)c1)C(F)(F)C(F)(F)F. The quantitative estimate of drug-likeness (QED) is 0.792. The fourth-order valence-corrected chi connectivity index (χ4v) is 2.81. The second-order valence-electron chi connectivity index (χ2n) is 4.30. The van der Waals surface area contributed by atoms with E-state index in [1.54, 1.807) is 0 Å². The molecule has 114 valence electrons. The molecule has 0 aliphatic rings. The maximum absolute atomic E-state index is 13.9. The van der Waals surface area contributed by atoms with Crippen molar-refractivity contribution in [1.82, 2.24) is 0 Å². The summed E-state index contributed by atoms with van der Waals surface area (Å²) in [6, 6.07) is 5.39. The summed E-state index contributed by atoms with van der Waals surface area (Å²) in [7, 11) is 0. The van der Waals surface area contributed by atoms with Gasteiger partial charge in [0.2, 0.25) is 0 Å². The van der Waals surface area contributed by atoms with Crippen LogP contribution in [0.1, 0.15) is 11.1 Å². The molecule has 0 radical (unpaired) electrons. The van der Waals surface area contributed by atoms with E-state index in [0.717, 1.165) is 34.9 Å². The zero-order valence-corrected chi connectivity index (χ0v) is 11.7. The van der Waals surface area contributed by atoms with Crippen LogP contribution < -0.4 is 0 Å². The van der Waals surface area contributed by atoms with Crippen LogP contribution in [0.3, 0.4) is 0 Å². The zero-order chi connectivity index (χ0) is 15.9. The average molecular weight is 343 g/mol. The first-order valence-corrected chi connectivity index (χ1v) is 6.88. The van der Waals surface area contributed by atoms with Crippen molar-refractivity contribution in [2.24, 2.45) is 0 Å². The molecule has 2 rings (SSSR count). The molecular weight excluding hydrogens is 335 g/mol. The van der Waals surface area contributed by atoms with Gasteiger partial charge in [-0.1, -0.05) is 23.7 Å². The van der Waals surface area contributed by atoms with E-state index in [4.69, 9.17) is 11.6 Å². The molecule has 0 amide bonds. The summed E-state index contributed by atoms with van der Waals surface area (Å²) in [6.45, 7) is 0.